The second-order valence-electron chi connectivity index (χ2n) is 5.01. The van der Waals surface area contributed by atoms with Crippen molar-refractivity contribution in [2.24, 2.45) is 17.8 Å². The van der Waals surface area contributed by atoms with E-state index in [4.69, 9.17) is 5.11 Å². The molecular formula is C13H14FNO2. The summed E-state index contributed by atoms with van der Waals surface area (Å²) in [7, 11) is 0. The number of halogens is 1. The summed E-state index contributed by atoms with van der Waals surface area (Å²) in [5.41, 5.74) is 1.08. The van der Waals surface area contributed by atoms with Crippen LogP contribution in [-0.4, -0.2) is 29.1 Å². The summed E-state index contributed by atoms with van der Waals surface area (Å²) >= 11 is 0. The van der Waals surface area contributed by atoms with Crippen molar-refractivity contribution in [3.63, 3.8) is 0 Å². The summed E-state index contributed by atoms with van der Waals surface area (Å²) in [6.45, 7) is 2.51. The first-order valence-electron chi connectivity index (χ1n) is 5.85. The van der Waals surface area contributed by atoms with Gasteiger partial charge in [0, 0.05) is 19.6 Å². The summed E-state index contributed by atoms with van der Waals surface area (Å²) in [6, 6.07) is 6.50. The molecule has 2 aliphatic rings. The van der Waals surface area contributed by atoms with E-state index in [9.17, 15) is 9.18 Å². The monoisotopic (exact) mass is 235 g/mol. The van der Waals surface area contributed by atoms with Crippen LogP contribution in [0.1, 0.15) is 5.56 Å². The molecule has 1 heterocycles. The number of piperidine rings is 1. The number of benzene rings is 1. The predicted octanol–water partition coefficient (Wildman–Crippen LogP) is 1.59. The maximum Gasteiger partial charge on any atom is 0.307 e. The van der Waals surface area contributed by atoms with E-state index in [1.165, 1.54) is 12.1 Å². The quantitative estimate of drug-likeness (QED) is 0.864. The molecule has 3 rings (SSSR count). The molecule has 1 aliphatic carbocycles. The van der Waals surface area contributed by atoms with Crippen LogP contribution >= 0.6 is 0 Å². The Morgan fingerprint density at radius 1 is 1.29 bits per heavy atom. The number of carboxylic acid groups (broad SMARTS) is 1. The third-order valence-electron chi connectivity index (χ3n) is 3.87. The van der Waals surface area contributed by atoms with E-state index in [1.807, 2.05) is 0 Å². The molecule has 0 spiro atoms. The highest BCUT2D eigenvalue weighted by atomic mass is 19.1. The van der Waals surface area contributed by atoms with Crippen LogP contribution in [0.2, 0.25) is 0 Å². The van der Waals surface area contributed by atoms with Gasteiger partial charge in [-0.15, -0.1) is 0 Å². The Hall–Kier alpha value is -1.42. The van der Waals surface area contributed by atoms with Gasteiger partial charge < -0.3 is 5.11 Å². The molecule has 2 unspecified atom stereocenters. The number of carboxylic acids is 1. The number of rotatable bonds is 3. The number of nitrogens with zero attached hydrogens (tertiary/aromatic N) is 1. The molecule has 90 valence electrons. The third kappa shape index (κ3) is 1.93. The lowest BCUT2D eigenvalue weighted by Gasteiger charge is -2.18. The molecule has 17 heavy (non-hydrogen) atoms. The Labute approximate surface area is 98.9 Å². The van der Waals surface area contributed by atoms with E-state index in [0.29, 0.717) is 11.8 Å². The summed E-state index contributed by atoms with van der Waals surface area (Å²) in [6.07, 6.45) is 0. The molecular weight excluding hydrogens is 221 g/mol. The Bertz CT molecular complexity index is 433. The van der Waals surface area contributed by atoms with Gasteiger partial charge in [0.15, 0.2) is 0 Å². The smallest absolute Gasteiger partial charge is 0.307 e. The van der Waals surface area contributed by atoms with Crippen LogP contribution in [0, 0.1) is 23.6 Å². The largest absolute Gasteiger partial charge is 0.481 e. The van der Waals surface area contributed by atoms with Crippen LogP contribution in [0.25, 0.3) is 0 Å². The number of hydrogen-bond donors (Lipinski definition) is 1. The average molecular weight is 235 g/mol. The molecule has 2 atom stereocenters. The molecule has 0 bridgehead atoms. The van der Waals surface area contributed by atoms with E-state index < -0.39 is 5.97 Å². The molecule has 0 radical (unpaired) electrons. The fourth-order valence-corrected chi connectivity index (χ4v) is 2.96. The maximum atomic E-state index is 12.7. The van der Waals surface area contributed by atoms with Gasteiger partial charge in [-0.3, -0.25) is 9.69 Å². The lowest BCUT2D eigenvalue weighted by Crippen LogP contribution is -2.25. The number of fused-ring (bicyclic) bond motifs is 1. The molecule has 2 fully saturated rings. The predicted molar refractivity (Wildman–Crippen MR) is 59.8 cm³/mol. The average Bonchev–Trinajstić information content (AvgIpc) is 2.81. The third-order valence-corrected chi connectivity index (χ3v) is 3.87. The summed E-state index contributed by atoms with van der Waals surface area (Å²) in [5.74, 6) is -0.300. The minimum Gasteiger partial charge on any atom is -0.481 e. The Morgan fingerprint density at radius 3 is 2.41 bits per heavy atom. The van der Waals surface area contributed by atoms with Crippen molar-refractivity contribution >= 4 is 5.97 Å². The normalized spacial score (nSPS) is 31.2. The van der Waals surface area contributed by atoms with Crippen LogP contribution in [0.15, 0.2) is 24.3 Å². The fourth-order valence-electron chi connectivity index (χ4n) is 2.96. The van der Waals surface area contributed by atoms with Gasteiger partial charge in [0.25, 0.3) is 0 Å². The van der Waals surface area contributed by atoms with Gasteiger partial charge in [-0.05, 0) is 29.5 Å². The van der Waals surface area contributed by atoms with Gasteiger partial charge in [-0.25, -0.2) is 4.39 Å². The number of likely N-dealkylation sites (tertiary alicyclic amines) is 1. The molecule has 1 N–H and O–H groups in total. The highest BCUT2D eigenvalue weighted by Gasteiger charge is 2.59. The summed E-state index contributed by atoms with van der Waals surface area (Å²) in [4.78, 5) is 13.1. The Kier molecular flexibility index (Phi) is 2.40. The standard InChI is InChI=1S/C13H14FNO2/c14-9-3-1-8(2-4-9)5-15-6-10-11(7-15)12(10)13(16)17/h1-4,10-12H,5-7H2,(H,16,17). The first-order valence-corrected chi connectivity index (χ1v) is 5.85. The molecule has 1 saturated heterocycles. The van der Waals surface area contributed by atoms with Crippen molar-refractivity contribution in [1.29, 1.82) is 0 Å². The van der Waals surface area contributed by atoms with Gasteiger partial charge in [0.05, 0.1) is 5.92 Å². The summed E-state index contributed by atoms with van der Waals surface area (Å²) < 4.78 is 12.7. The van der Waals surface area contributed by atoms with Gasteiger partial charge in [-0.1, -0.05) is 12.1 Å². The first-order chi connectivity index (χ1) is 8.15. The van der Waals surface area contributed by atoms with Crippen LogP contribution in [-0.2, 0) is 11.3 Å². The van der Waals surface area contributed by atoms with E-state index in [-0.39, 0.29) is 11.7 Å². The zero-order chi connectivity index (χ0) is 12.0. The van der Waals surface area contributed by atoms with E-state index in [0.717, 1.165) is 25.2 Å². The first kappa shape index (κ1) is 10.7. The van der Waals surface area contributed by atoms with Crippen LogP contribution in [0.5, 0.6) is 0 Å². The van der Waals surface area contributed by atoms with Crippen molar-refractivity contribution in [2.75, 3.05) is 13.1 Å². The minimum absolute atomic E-state index is 0.112. The zero-order valence-electron chi connectivity index (χ0n) is 9.34. The molecule has 4 heteroatoms. The van der Waals surface area contributed by atoms with Crippen LogP contribution in [0.3, 0.4) is 0 Å². The molecule has 0 amide bonds. The van der Waals surface area contributed by atoms with Crippen molar-refractivity contribution < 1.29 is 14.3 Å². The number of carbonyl (C=O) groups is 1. The van der Waals surface area contributed by atoms with Crippen molar-refractivity contribution in [3.05, 3.63) is 35.6 Å². The van der Waals surface area contributed by atoms with Crippen molar-refractivity contribution in [2.45, 2.75) is 6.54 Å². The van der Waals surface area contributed by atoms with Gasteiger partial charge >= 0.3 is 5.97 Å². The minimum atomic E-state index is -0.651. The molecule has 3 nitrogen and oxygen atoms in total. The van der Waals surface area contributed by atoms with Crippen molar-refractivity contribution in [3.8, 4) is 0 Å². The number of hydrogen-bond acceptors (Lipinski definition) is 2. The molecule has 0 aromatic heterocycles. The maximum absolute atomic E-state index is 12.7. The van der Waals surface area contributed by atoms with Crippen LogP contribution in [0.4, 0.5) is 4.39 Å². The second kappa shape index (κ2) is 3.81. The van der Waals surface area contributed by atoms with E-state index in [1.54, 1.807) is 12.1 Å². The fraction of sp³-hybridized carbons (Fsp3) is 0.462. The lowest BCUT2D eigenvalue weighted by molar-refractivity contribution is -0.139. The van der Waals surface area contributed by atoms with E-state index in [2.05, 4.69) is 4.90 Å². The molecule has 1 saturated carbocycles. The Balaban J connectivity index is 1.57. The van der Waals surface area contributed by atoms with Crippen molar-refractivity contribution in [1.82, 2.24) is 4.90 Å². The molecule has 1 aromatic rings. The highest BCUT2D eigenvalue weighted by molar-refractivity contribution is 5.74. The SMILES string of the molecule is O=C(O)C1C2CN(Cc3ccc(F)cc3)CC21. The Morgan fingerprint density at radius 2 is 1.88 bits per heavy atom. The second-order valence-corrected chi connectivity index (χ2v) is 5.01. The van der Waals surface area contributed by atoms with Gasteiger partial charge in [0.1, 0.15) is 5.82 Å². The van der Waals surface area contributed by atoms with E-state index >= 15 is 0 Å². The molecule has 1 aliphatic heterocycles. The lowest BCUT2D eigenvalue weighted by atomic mass is 10.2. The topological polar surface area (TPSA) is 40.5 Å². The highest BCUT2D eigenvalue weighted by Crippen LogP contribution is 2.51. The van der Waals surface area contributed by atoms with Gasteiger partial charge in [0.2, 0.25) is 0 Å². The van der Waals surface area contributed by atoms with Gasteiger partial charge in [-0.2, -0.15) is 0 Å². The molecule has 1 aromatic carbocycles. The summed E-state index contributed by atoms with van der Waals surface area (Å²) in [5, 5.41) is 8.91. The number of aliphatic carboxylic acids is 1. The zero-order valence-corrected chi connectivity index (χ0v) is 9.34. The van der Waals surface area contributed by atoms with Crippen LogP contribution < -0.4 is 0 Å².